The van der Waals surface area contributed by atoms with E-state index in [0.717, 1.165) is 25.7 Å². The third kappa shape index (κ3) is 7.59. The smallest absolute Gasteiger partial charge is 0.462 e. The highest BCUT2D eigenvalue weighted by Crippen LogP contribution is 2.09. The number of hydrogen-bond donors (Lipinski definition) is 0. The van der Waals surface area contributed by atoms with Gasteiger partial charge in [0.05, 0.1) is 6.61 Å². The number of ether oxygens (including phenoxy) is 1. The van der Waals surface area contributed by atoms with Crippen molar-refractivity contribution in [2.45, 2.75) is 32.6 Å². The maximum Gasteiger partial charge on any atom is 0.528 e. The Hall–Kier alpha value is -0.953. The van der Waals surface area contributed by atoms with Crippen molar-refractivity contribution < 1.29 is 22.8 Å². The van der Waals surface area contributed by atoms with Crippen LogP contribution in [0.2, 0.25) is 0 Å². The predicted octanol–water partition coefficient (Wildman–Crippen LogP) is 2.64. The minimum Gasteiger partial charge on any atom is -0.462 e. The van der Waals surface area contributed by atoms with Gasteiger partial charge in [0.15, 0.2) is 0 Å². The van der Waals surface area contributed by atoms with Crippen molar-refractivity contribution in [1.29, 1.82) is 0 Å². The van der Waals surface area contributed by atoms with Crippen molar-refractivity contribution >= 4 is 14.8 Å². The Morgan fingerprint density at radius 1 is 1.10 bits per heavy atom. The molecule has 0 fully saturated rings. The highest BCUT2D eigenvalue weighted by Gasteiger charge is 2.33. The molecule has 0 rings (SSSR count). The third-order valence-electron chi connectivity index (χ3n) is 2.77. The minimum absolute atomic E-state index is 0.319. The van der Waals surface area contributed by atoms with Crippen LogP contribution >= 0.6 is 0 Å². The lowest BCUT2D eigenvalue weighted by molar-refractivity contribution is -0.139. The second kappa shape index (κ2) is 10.8. The summed E-state index contributed by atoms with van der Waals surface area (Å²) < 4.78 is 20.8. The normalized spacial score (nSPS) is 11.8. The summed E-state index contributed by atoms with van der Waals surface area (Å²) >= 11 is 0. The van der Waals surface area contributed by atoms with E-state index in [1.807, 2.05) is 11.8 Å². The van der Waals surface area contributed by atoms with Crippen LogP contribution in [0.4, 0.5) is 0 Å². The van der Waals surface area contributed by atoms with Gasteiger partial charge >= 0.3 is 14.8 Å². The molecule has 0 heterocycles. The molecule has 0 spiro atoms. The first kappa shape index (κ1) is 19.0. The van der Waals surface area contributed by atoms with Gasteiger partial charge in [0.1, 0.15) is 0 Å². The van der Waals surface area contributed by atoms with Crippen molar-refractivity contribution in [3.63, 3.8) is 0 Å². The van der Waals surface area contributed by atoms with E-state index in [-0.39, 0.29) is 5.97 Å². The third-order valence-corrected chi connectivity index (χ3v) is 5.12. The second-order valence-electron chi connectivity index (χ2n) is 4.38. The molecule has 0 aliphatic carbocycles. The zero-order chi connectivity index (χ0) is 15.4. The first-order valence-corrected chi connectivity index (χ1v) is 8.47. The molecule has 0 saturated carbocycles. The minimum atomic E-state index is -2.58. The fraction of sp³-hybridized carbons (Fsp3) is 0.643. The summed E-state index contributed by atoms with van der Waals surface area (Å²) in [5, 5.41) is 0. The summed E-state index contributed by atoms with van der Waals surface area (Å²) in [6.45, 7) is 5.62. The molecule has 0 bridgehead atoms. The van der Waals surface area contributed by atoms with Gasteiger partial charge in [-0.2, -0.15) is 0 Å². The van der Waals surface area contributed by atoms with Gasteiger partial charge in [0.25, 0.3) is 0 Å². The van der Waals surface area contributed by atoms with Gasteiger partial charge in [-0.25, -0.2) is 4.79 Å². The molecule has 0 radical (unpaired) electrons. The van der Waals surface area contributed by atoms with Crippen molar-refractivity contribution in [3.05, 3.63) is 23.9 Å². The molecule has 6 heteroatoms. The van der Waals surface area contributed by atoms with Gasteiger partial charge in [-0.05, 0) is 38.3 Å². The van der Waals surface area contributed by atoms with Crippen LogP contribution in [0.5, 0.6) is 0 Å². The zero-order valence-corrected chi connectivity index (χ0v) is 13.9. The fourth-order valence-electron chi connectivity index (χ4n) is 1.51. The number of carbonyl (C=O) groups excluding carboxylic acids is 1. The Balaban J connectivity index is 3.71. The molecule has 0 aliphatic heterocycles. The highest BCUT2D eigenvalue weighted by atomic mass is 28.4. The summed E-state index contributed by atoms with van der Waals surface area (Å²) in [4.78, 5) is 11.1. The van der Waals surface area contributed by atoms with Crippen molar-refractivity contribution in [3.8, 4) is 0 Å². The average Bonchev–Trinajstić information content (AvgIpc) is 2.46. The summed E-state index contributed by atoms with van der Waals surface area (Å²) in [5.41, 5.74) is 2.32. The molecular weight excluding hydrogens is 276 g/mol. The SMILES string of the molecule is C=C(C)C(=O)OCCCCCC=C[Si](OC)(OC)OC. The van der Waals surface area contributed by atoms with Crippen LogP contribution in [0.1, 0.15) is 32.6 Å². The second-order valence-corrected chi connectivity index (χ2v) is 7.15. The van der Waals surface area contributed by atoms with Gasteiger partial charge in [0.2, 0.25) is 0 Å². The number of allylic oxidation sites excluding steroid dienone is 1. The number of esters is 1. The molecule has 0 aromatic carbocycles. The number of carbonyl (C=O) groups is 1. The van der Waals surface area contributed by atoms with Crippen LogP contribution < -0.4 is 0 Å². The van der Waals surface area contributed by atoms with Gasteiger partial charge in [0, 0.05) is 26.9 Å². The summed E-state index contributed by atoms with van der Waals surface area (Å²) in [6, 6.07) is 0. The molecule has 20 heavy (non-hydrogen) atoms. The van der Waals surface area contributed by atoms with Gasteiger partial charge in [-0.3, -0.25) is 0 Å². The predicted molar refractivity (Wildman–Crippen MR) is 80.2 cm³/mol. The molecule has 116 valence electrons. The lowest BCUT2D eigenvalue weighted by Gasteiger charge is -2.20. The van der Waals surface area contributed by atoms with E-state index in [4.69, 9.17) is 18.0 Å². The van der Waals surface area contributed by atoms with Gasteiger partial charge < -0.3 is 18.0 Å². The summed E-state index contributed by atoms with van der Waals surface area (Å²) in [6.07, 6.45) is 5.80. The molecule has 0 saturated heterocycles. The quantitative estimate of drug-likeness (QED) is 0.254. The van der Waals surface area contributed by atoms with E-state index in [1.54, 1.807) is 28.3 Å². The largest absolute Gasteiger partial charge is 0.528 e. The van der Waals surface area contributed by atoms with Crippen molar-refractivity contribution in [2.24, 2.45) is 0 Å². The lowest BCUT2D eigenvalue weighted by atomic mass is 10.2. The number of hydrogen-bond acceptors (Lipinski definition) is 5. The van der Waals surface area contributed by atoms with Crippen molar-refractivity contribution in [2.75, 3.05) is 27.9 Å². The Morgan fingerprint density at radius 2 is 1.70 bits per heavy atom. The van der Waals surface area contributed by atoms with Crippen LogP contribution in [0, 0.1) is 0 Å². The molecule has 5 nitrogen and oxygen atoms in total. The number of rotatable bonds is 11. The van der Waals surface area contributed by atoms with Gasteiger partial charge in [-0.15, -0.1) is 0 Å². The molecule has 0 aliphatic rings. The molecule has 0 amide bonds. The van der Waals surface area contributed by atoms with Crippen LogP contribution in [0.3, 0.4) is 0 Å². The van der Waals surface area contributed by atoms with E-state index >= 15 is 0 Å². The fourth-order valence-corrected chi connectivity index (χ4v) is 2.87. The molecular formula is C14H26O5Si. The Bertz CT molecular complexity index is 315. The Morgan fingerprint density at radius 3 is 2.20 bits per heavy atom. The Labute approximate surface area is 122 Å². The van der Waals surface area contributed by atoms with E-state index in [2.05, 4.69) is 6.58 Å². The van der Waals surface area contributed by atoms with Crippen molar-refractivity contribution in [1.82, 2.24) is 0 Å². The Kier molecular flexibility index (Phi) is 10.3. The van der Waals surface area contributed by atoms with E-state index in [0.29, 0.717) is 12.2 Å². The summed E-state index contributed by atoms with van der Waals surface area (Å²) in [5.74, 6) is -0.319. The maximum atomic E-state index is 11.1. The standard InChI is InChI=1S/C14H26O5Si/c1-13(2)14(15)19-11-9-7-6-8-10-12-20(16-3,17-4)18-5/h10,12H,1,6-9,11H2,2-5H3. The first-order chi connectivity index (χ1) is 9.51. The molecule has 0 unspecified atom stereocenters. The van der Waals surface area contributed by atoms with E-state index in [1.165, 1.54) is 0 Å². The van der Waals surface area contributed by atoms with Crippen LogP contribution in [-0.2, 0) is 22.8 Å². The topological polar surface area (TPSA) is 54.0 Å². The average molecular weight is 302 g/mol. The zero-order valence-electron chi connectivity index (χ0n) is 12.9. The van der Waals surface area contributed by atoms with Crippen LogP contribution in [-0.4, -0.2) is 42.7 Å². The monoisotopic (exact) mass is 302 g/mol. The van der Waals surface area contributed by atoms with Gasteiger partial charge in [-0.1, -0.05) is 12.7 Å². The molecule has 0 atom stereocenters. The maximum absolute atomic E-state index is 11.1. The van der Waals surface area contributed by atoms with Crippen LogP contribution in [0.25, 0.3) is 0 Å². The lowest BCUT2D eigenvalue weighted by Crippen LogP contribution is -2.40. The van der Waals surface area contributed by atoms with E-state index in [9.17, 15) is 4.79 Å². The molecule has 0 N–H and O–H groups in total. The summed E-state index contributed by atoms with van der Waals surface area (Å²) in [7, 11) is 2.17. The van der Waals surface area contributed by atoms with Crippen LogP contribution in [0.15, 0.2) is 23.9 Å². The highest BCUT2D eigenvalue weighted by molar-refractivity contribution is 6.66. The number of unbranched alkanes of at least 4 members (excludes halogenated alkanes) is 3. The first-order valence-electron chi connectivity index (χ1n) is 6.67. The molecule has 0 aromatic heterocycles. The molecule has 0 aromatic rings. The van der Waals surface area contributed by atoms with E-state index < -0.39 is 8.80 Å².